The summed E-state index contributed by atoms with van der Waals surface area (Å²) in [5.74, 6) is -0.361. The van der Waals surface area contributed by atoms with Crippen molar-refractivity contribution in [1.82, 2.24) is 0 Å². The maximum absolute atomic E-state index is 9.55. The van der Waals surface area contributed by atoms with Gasteiger partial charge >= 0.3 is 5.97 Å². The average molecular weight is 240 g/mol. The van der Waals surface area contributed by atoms with Gasteiger partial charge in [-0.15, -0.1) is 0 Å². The Balaban J connectivity index is 0. The minimum Gasteiger partial charge on any atom is -0.481 e. The van der Waals surface area contributed by atoms with E-state index in [0.717, 1.165) is 0 Å². The van der Waals surface area contributed by atoms with Crippen LogP contribution in [0.3, 0.4) is 0 Å². The Kier molecular flexibility index (Phi) is 11.7. The van der Waals surface area contributed by atoms with Gasteiger partial charge in [-0.05, 0) is 6.42 Å². The molecule has 0 fully saturated rings. The fourth-order valence-corrected chi connectivity index (χ4v) is 0.772. The van der Waals surface area contributed by atoms with Gasteiger partial charge in [-0.25, -0.2) is 0 Å². The topological polar surface area (TPSA) is 98.0 Å². The molecule has 0 saturated heterocycles. The van der Waals surface area contributed by atoms with Crippen molar-refractivity contribution in [2.24, 2.45) is 5.41 Å². The molecule has 92 valence electrons. The largest absolute Gasteiger partial charge is 0.481 e. The Hall–Kier alpha value is -0.300. The summed E-state index contributed by atoms with van der Waals surface area (Å²) in [6.07, 6.45) is 0.750. The molecule has 0 rings (SSSR count). The van der Waals surface area contributed by atoms with E-state index < -0.39 is 11.4 Å². The first-order valence-electron chi connectivity index (χ1n) is 4.67. The molecule has 6 heteroatoms. The first-order valence-corrected chi connectivity index (χ1v) is 5.30. The highest BCUT2D eigenvalue weighted by Gasteiger charge is 2.24. The van der Waals surface area contributed by atoms with Crippen LogP contribution in [0.15, 0.2) is 0 Å². The van der Waals surface area contributed by atoms with Gasteiger partial charge in [0.25, 0.3) is 0 Å². The Morgan fingerprint density at radius 1 is 1.20 bits per heavy atom. The zero-order chi connectivity index (χ0) is 12.3. The van der Waals surface area contributed by atoms with E-state index in [1.807, 2.05) is 6.92 Å². The number of hydrogen-bond donors (Lipinski definition) is 5. The molecule has 15 heavy (non-hydrogen) atoms. The number of carboxylic acid groups (broad SMARTS) is 1. The molecule has 0 unspecified atom stereocenters. The van der Waals surface area contributed by atoms with Crippen LogP contribution in [0.2, 0.25) is 0 Å². The highest BCUT2D eigenvalue weighted by molar-refractivity contribution is 7.80. The van der Waals surface area contributed by atoms with Crippen LogP contribution in [-0.2, 0) is 4.79 Å². The number of aliphatic hydroxyl groups excluding tert-OH is 3. The van der Waals surface area contributed by atoms with Crippen molar-refractivity contribution in [1.29, 1.82) is 0 Å². The summed E-state index contributed by atoms with van der Waals surface area (Å²) < 4.78 is 0. The number of carbonyl (C=O) groups is 1. The maximum Gasteiger partial charge on any atom is 0.304 e. The SMILES string of the molecule is CCC(CO)(CO)CO.O=C(O)CCS. The Morgan fingerprint density at radius 2 is 1.60 bits per heavy atom. The van der Waals surface area contributed by atoms with Crippen molar-refractivity contribution in [2.75, 3.05) is 25.6 Å². The molecular formula is C9H20O5S. The molecule has 0 aliphatic rings. The summed E-state index contributed by atoms with van der Waals surface area (Å²) in [5.41, 5.74) is -0.667. The number of carboxylic acids is 1. The fraction of sp³-hybridized carbons (Fsp3) is 0.889. The third-order valence-corrected chi connectivity index (χ3v) is 2.31. The predicted octanol–water partition coefficient (Wildman–Crippen LogP) is -0.249. The van der Waals surface area contributed by atoms with Crippen LogP contribution in [-0.4, -0.2) is 52.0 Å². The molecule has 5 nitrogen and oxygen atoms in total. The van der Waals surface area contributed by atoms with Gasteiger partial charge in [0.15, 0.2) is 0 Å². The van der Waals surface area contributed by atoms with E-state index in [1.165, 1.54) is 0 Å². The lowest BCUT2D eigenvalue weighted by molar-refractivity contribution is -0.136. The minimum absolute atomic E-state index is 0.156. The summed E-state index contributed by atoms with van der Waals surface area (Å²) in [7, 11) is 0. The number of rotatable bonds is 6. The zero-order valence-corrected chi connectivity index (χ0v) is 9.78. The highest BCUT2D eigenvalue weighted by Crippen LogP contribution is 2.18. The zero-order valence-electron chi connectivity index (χ0n) is 8.89. The van der Waals surface area contributed by atoms with E-state index in [9.17, 15) is 4.79 Å². The monoisotopic (exact) mass is 240 g/mol. The standard InChI is InChI=1S/C6H14O3.C3H6O2S/c1-2-6(3-7,4-8)5-9;4-3(5)1-2-6/h7-9H,2-5H2,1H3;6H,1-2H2,(H,4,5). The molecule has 0 aliphatic heterocycles. The summed E-state index contributed by atoms with van der Waals surface area (Å²) >= 11 is 3.68. The van der Waals surface area contributed by atoms with Crippen molar-refractivity contribution in [2.45, 2.75) is 19.8 Å². The second-order valence-electron chi connectivity index (χ2n) is 3.20. The third-order valence-electron chi connectivity index (χ3n) is 2.08. The van der Waals surface area contributed by atoms with E-state index in [2.05, 4.69) is 12.6 Å². The van der Waals surface area contributed by atoms with Crippen LogP contribution in [0.25, 0.3) is 0 Å². The van der Waals surface area contributed by atoms with Crippen LogP contribution in [0, 0.1) is 5.41 Å². The molecule has 0 bridgehead atoms. The Labute approximate surface area is 95.2 Å². The van der Waals surface area contributed by atoms with E-state index in [-0.39, 0.29) is 26.2 Å². The molecule has 0 saturated carbocycles. The van der Waals surface area contributed by atoms with Crippen molar-refractivity contribution < 1.29 is 25.2 Å². The number of aliphatic hydroxyl groups is 3. The van der Waals surface area contributed by atoms with Gasteiger partial charge in [-0.1, -0.05) is 6.92 Å². The van der Waals surface area contributed by atoms with Gasteiger partial charge in [0.1, 0.15) is 0 Å². The smallest absolute Gasteiger partial charge is 0.304 e. The molecule has 0 aromatic rings. The first kappa shape index (κ1) is 17.1. The molecule has 0 aromatic heterocycles. The molecule has 0 atom stereocenters. The first-order chi connectivity index (χ1) is 7.01. The second-order valence-corrected chi connectivity index (χ2v) is 3.64. The van der Waals surface area contributed by atoms with Crippen LogP contribution in [0.5, 0.6) is 0 Å². The normalized spacial score (nSPS) is 10.5. The van der Waals surface area contributed by atoms with Gasteiger partial charge in [0.05, 0.1) is 26.2 Å². The molecule has 0 heterocycles. The quantitative estimate of drug-likeness (QED) is 0.412. The van der Waals surface area contributed by atoms with Gasteiger partial charge in [-0.2, -0.15) is 12.6 Å². The fourth-order valence-electron chi connectivity index (χ4n) is 0.581. The number of hydrogen-bond acceptors (Lipinski definition) is 5. The van der Waals surface area contributed by atoms with Crippen molar-refractivity contribution in [3.05, 3.63) is 0 Å². The molecule has 0 aromatic carbocycles. The van der Waals surface area contributed by atoms with Gasteiger partial charge in [0, 0.05) is 11.2 Å². The predicted molar refractivity (Wildman–Crippen MR) is 60.1 cm³/mol. The van der Waals surface area contributed by atoms with Gasteiger partial charge in [0.2, 0.25) is 0 Å². The summed E-state index contributed by atoms with van der Waals surface area (Å²) in [4.78, 5) is 9.55. The Bertz CT molecular complexity index is 141. The maximum atomic E-state index is 9.55. The third kappa shape index (κ3) is 8.68. The average Bonchev–Trinajstić information content (AvgIpc) is 2.23. The van der Waals surface area contributed by atoms with Crippen molar-refractivity contribution in [3.63, 3.8) is 0 Å². The molecule has 0 aliphatic carbocycles. The minimum atomic E-state index is -0.787. The van der Waals surface area contributed by atoms with E-state index >= 15 is 0 Å². The van der Waals surface area contributed by atoms with Crippen LogP contribution in [0.4, 0.5) is 0 Å². The van der Waals surface area contributed by atoms with Crippen LogP contribution < -0.4 is 0 Å². The van der Waals surface area contributed by atoms with E-state index in [0.29, 0.717) is 12.2 Å². The lowest BCUT2D eigenvalue weighted by atomic mass is 9.88. The van der Waals surface area contributed by atoms with E-state index in [1.54, 1.807) is 0 Å². The van der Waals surface area contributed by atoms with Crippen molar-refractivity contribution in [3.8, 4) is 0 Å². The molecular weight excluding hydrogens is 220 g/mol. The summed E-state index contributed by atoms with van der Waals surface area (Å²) in [6, 6.07) is 0. The lowest BCUT2D eigenvalue weighted by Gasteiger charge is -2.24. The highest BCUT2D eigenvalue weighted by atomic mass is 32.1. The number of thiol groups is 1. The van der Waals surface area contributed by atoms with Crippen LogP contribution >= 0.6 is 12.6 Å². The van der Waals surface area contributed by atoms with Crippen LogP contribution in [0.1, 0.15) is 19.8 Å². The number of aliphatic carboxylic acids is 1. The Morgan fingerprint density at radius 3 is 1.60 bits per heavy atom. The summed E-state index contributed by atoms with van der Waals surface area (Å²) in [5, 5.41) is 33.8. The summed E-state index contributed by atoms with van der Waals surface area (Å²) in [6.45, 7) is 1.35. The van der Waals surface area contributed by atoms with E-state index in [4.69, 9.17) is 20.4 Å². The molecule has 0 amide bonds. The van der Waals surface area contributed by atoms with Crippen molar-refractivity contribution >= 4 is 18.6 Å². The van der Waals surface area contributed by atoms with Gasteiger partial charge < -0.3 is 20.4 Å². The molecule has 0 spiro atoms. The van der Waals surface area contributed by atoms with Gasteiger partial charge in [-0.3, -0.25) is 4.79 Å². The lowest BCUT2D eigenvalue weighted by Crippen LogP contribution is -2.32. The second kappa shape index (κ2) is 10.2. The molecule has 4 N–H and O–H groups in total. The molecule has 0 radical (unpaired) electrons.